The van der Waals surface area contributed by atoms with E-state index in [-0.39, 0.29) is 6.42 Å². The van der Waals surface area contributed by atoms with E-state index in [1.807, 2.05) is 42.5 Å². The molecular weight excluding hydrogens is 340 g/mol. The first-order chi connectivity index (χ1) is 9.58. The number of halogens is 1. The lowest BCUT2D eigenvalue weighted by atomic mass is 10.1. The van der Waals surface area contributed by atoms with Crippen LogP contribution < -0.4 is 4.74 Å². The monoisotopic (exact) mass is 352 g/mol. The number of rotatable bonds is 5. The zero-order chi connectivity index (χ0) is 14.5. The van der Waals surface area contributed by atoms with Crippen LogP contribution >= 0.6 is 27.7 Å². The van der Waals surface area contributed by atoms with Crippen LogP contribution in [0.1, 0.15) is 5.56 Å². The highest BCUT2D eigenvalue weighted by molar-refractivity contribution is 9.10. The Morgan fingerprint density at radius 3 is 2.55 bits per heavy atom. The molecule has 0 atom stereocenters. The lowest BCUT2D eigenvalue weighted by molar-refractivity contribution is -0.136. The van der Waals surface area contributed by atoms with E-state index >= 15 is 0 Å². The molecule has 0 saturated carbocycles. The number of benzene rings is 2. The van der Waals surface area contributed by atoms with Crippen LogP contribution in [0.25, 0.3) is 0 Å². The molecule has 0 aromatic heterocycles. The van der Waals surface area contributed by atoms with Gasteiger partial charge in [0, 0.05) is 14.3 Å². The van der Waals surface area contributed by atoms with Gasteiger partial charge in [0.15, 0.2) is 0 Å². The third-order valence-corrected chi connectivity index (χ3v) is 4.27. The van der Waals surface area contributed by atoms with Gasteiger partial charge in [-0.2, -0.15) is 0 Å². The molecule has 104 valence electrons. The fraction of sp³-hybridized carbons (Fsp3) is 0.133. The number of methoxy groups -OCH3 is 1. The number of carboxylic acid groups (broad SMARTS) is 1. The Labute approximate surface area is 130 Å². The first-order valence-corrected chi connectivity index (χ1v) is 7.51. The van der Waals surface area contributed by atoms with Crippen LogP contribution in [-0.2, 0) is 11.2 Å². The van der Waals surface area contributed by atoms with E-state index in [9.17, 15) is 4.79 Å². The maximum Gasteiger partial charge on any atom is 0.307 e. The summed E-state index contributed by atoms with van der Waals surface area (Å²) in [6, 6.07) is 13.4. The predicted molar refractivity (Wildman–Crippen MR) is 82.6 cm³/mol. The summed E-state index contributed by atoms with van der Waals surface area (Å²) in [5.41, 5.74) is 0.799. The molecule has 1 N–H and O–H groups in total. The molecule has 0 aliphatic heterocycles. The number of carbonyl (C=O) groups is 1. The molecule has 2 aromatic rings. The van der Waals surface area contributed by atoms with Crippen LogP contribution in [0, 0.1) is 0 Å². The largest absolute Gasteiger partial charge is 0.497 e. The van der Waals surface area contributed by atoms with Crippen molar-refractivity contribution in [2.45, 2.75) is 16.2 Å². The maximum atomic E-state index is 10.9. The first kappa shape index (κ1) is 14.9. The topological polar surface area (TPSA) is 46.5 Å². The summed E-state index contributed by atoms with van der Waals surface area (Å²) in [5.74, 6) is -0.0319. The van der Waals surface area contributed by atoms with E-state index < -0.39 is 5.97 Å². The molecular formula is C15H13BrO3S. The van der Waals surface area contributed by atoms with Crippen molar-refractivity contribution in [1.82, 2.24) is 0 Å². The smallest absolute Gasteiger partial charge is 0.307 e. The van der Waals surface area contributed by atoms with Crippen molar-refractivity contribution in [2.24, 2.45) is 0 Å². The van der Waals surface area contributed by atoms with Crippen molar-refractivity contribution in [1.29, 1.82) is 0 Å². The lowest BCUT2D eigenvalue weighted by Crippen LogP contribution is -2.01. The van der Waals surface area contributed by atoms with Crippen molar-refractivity contribution in [3.8, 4) is 5.75 Å². The molecule has 0 radical (unpaired) electrons. The predicted octanol–water partition coefficient (Wildman–Crippen LogP) is 4.24. The molecule has 0 aliphatic rings. The van der Waals surface area contributed by atoms with Gasteiger partial charge in [0.05, 0.1) is 13.5 Å². The fourth-order valence-electron chi connectivity index (χ4n) is 1.72. The van der Waals surface area contributed by atoms with Crippen molar-refractivity contribution >= 4 is 33.7 Å². The molecule has 20 heavy (non-hydrogen) atoms. The van der Waals surface area contributed by atoms with Crippen molar-refractivity contribution in [3.05, 3.63) is 52.5 Å². The third-order valence-electron chi connectivity index (χ3n) is 2.65. The summed E-state index contributed by atoms with van der Waals surface area (Å²) < 4.78 is 6.00. The highest BCUT2D eigenvalue weighted by Gasteiger charge is 2.09. The molecule has 0 amide bonds. The van der Waals surface area contributed by atoms with Crippen LogP contribution in [0.5, 0.6) is 5.75 Å². The van der Waals surface area contributed by atoms with Crippen molar-refractivity contribution in [3.63, 3.8) is 0 Å². The Bertz CT molecular complexity index is 611. The quantitative estimate of drug-likeness (QED) is 0.874. The molecule has 5 heteroatoms. The number of aliphatic carboxylic acids is 1. The highest BCUT2D eigenvalue weighted by atomic mass is 79.9. The van der Waals surface area contributed by atoms with Gasteiger partial charge in [-0.3, -0.25) is 4.79 Å². The number of carboxylic acids is 1. The van der Waals surface area contributed by atoms with Gasteiger partial charge in [-0.25, -0.2) is 0 Å². The van der Waals surface area contributed by atoms with Gasteiger partial charge in [0.1, 0.15) is 5.75 Å². The molecule has 2 rings (SSSR count). The minimum absolute atomic E-state index is 0.0118. The van der Waals surface area contributed by atoms with Crippen LogP contribution in [-0.4, -0.2) is 18.2 Å². The Balaban J connectivity index is 2.25. The zero-order valence-electron chi connectivity index (χ0n) is 10.8. The third kappa shape index (κ3) is 4.02. The summed E-state index contributed by atoms with van der Waals surface area (Å²) in [6.07, 6.45) is 0.0118. The van der Waals surface area contributed by atoms with Crippen LogP contribution in [0.15, 0.2) is 56.7 Å². The van der Waals surface area contributed by atoms with E-state index in [2.05, 4.69) is 15.9 Å². The van der Waals surface area contributed by atoms with Gasteiger partial charge in [-0.15, -0.1) is 0 Å². The number of hydrogen-bond donors (Lipinski definition) is 1. The molecule has 0 spiro atoms. The molecule has 0 fully saturated rings. The highest BCUT2D eigenvalue weighted by Crippen LogP contribution is 2.33. The average Bonchev–Trinajstić information content (AvgIpc) is 2.42. The molecule has 0 aliphatic carbocycles. The van der Waals surface area contributed by atoms with Gasteiger partial charge in [0.2, 0.25) is 0 Å². The van der Waals surface area contributed by atoms with E-state index in [1.54, 1.807) is 18.9 Å². The van der Waals surface area contributed by atoms with E-state index in [4.69, 9.17) is 9.84 Å². The number of ether oxygens (including phenoxy) is 1. The minimum atomic E-state index is -0.834. The summed E-state index contributed by atoms with van der Waals surface area (Å²) in [5, 5.41) is 8.98. The van der Waals surface area contributed by atoms with E-state index in [0.717, 1.165) is 25.6 Å². The van der Waals surface area contributed by atoms with E-state index in [0.29, 0.717) is 0 Å². The summed E-state index contributed by atoms with van der Waals surface area (Å²) in [6.45, 7) is 0. The summed E-state index contributed by atoms with van der Waals surface area (Å²) in [4.78, 5) is 12.9. The number of hydrogen-bond acceptors (Lipinski definition) is 3. The Kier molecular flexibility index (Phi) is 5.09. The van der Waals surface area contributed by atoms with Gasteiger partial charge in [-0.1, -0.05) is 27.7 Å². The first-order valence-electron chi connectivity index (χ1n) is 5.90. The van der Waals surface area contributed by atoms with Crippen molar-refractivity contribution < 1.29 is 14.6 Å². The molecule has 0 unspecified atom stereocenters. The van der Waals surface area contributed by atoms with Crippen LogP contribution in [0.2, 0.25) is 0 Å². The molecule has 3 nitrogen and oxygen atoms in total. The lowest BCUT2D eigenvalue weighted by Gasteiger charge is -2.09. The Morgan fingerprint density at radius 2 is 1.95 bits per heavy atom. The van der Waals surface area contributed by atoms with Gasteiger partial charge in [0.25, 0.3) is 0 Å². The van der Waals surface area contributed by atoms with Crippen LogP contribution in [0.3, 0.4) is 0 Å². The second-order valence-corrected chi connectivity index (χ2v) is 6.13. The molecule has 0 bridgehead atoms. The second kappa shape index (κ2) is 6.81. The molecule has 0 heterocycles. The molecule has 2 aromatic carbocycles. The average molecular weight is 353 g/mol. The SMILES string of the molecule is COc1ccc(Sc2ccc(Br)cc2CC(=O)O)cc1. The maximum absolute atomic E-state index is 10.9. The second-order valence-electron chi connectivity index (χ2n) is 4.10. The minimum Gasteiger partial charge on any atom is -0.497 e. The van der Waals surface area contributed by atoms with Gasteiger partial charge < -0.3 is 9.84 Å². The summed E-state index contributed by atoms with van der Waals surface area (Å²) in [7, 11) is 1.63. The van der Waals surface area contributed by atoms with E-state index in [1.165, 1.54) is 0 Å². The molecule has 0 saturated heterocycles. The van der Waals surface area contributed by atoms with Gasteiger partial charge >= 0.3 is 5.97 Å². The fourth-order valence-corrected chi connectivity index (χ4v) is 3.05. The van der Waals surface area contributed by atoms with Crippen LogP contribution in [0.4, 0.5) is 0 Å². The summed E-state index contributed by atoms with van der Waals surface area (Å²) >= 11 is 4.92. The zero-order valence-corrected chi connectivity index (χ0v) is 13.2. The van der Waals surface area contributed by atoms with Crippen molar-refractivity contribution in [2.75, 3.05) is 7.11 Å². The Morgan fingerprint density at radius 1 is 1.25 bits per heavy atom. The van der Waals surface area contributed by atoms with Gasteiger partial charge in [-0.05, 0) is 48.0 Å². The Hall–Kier alpha value is -1.46. The normalized spacial score (nSPS) is 10.3. The standard InChI is InChI=1S/C15H13BrO3S/c1-19-12-3-5-13(6-4-12)20-14-7-2-11(16)8-10(14)9-15(17)18/h2-8H,9H2,1H3,(H,17,18).